The number of hydrogen-bond acceptors (Lipinski definition) is 4. The van der Waals surface area contributed by atoms with E-state index >= 15 is 0 Å². The normalized spacial score (nSPS) is 12.4. The van der Waals surface area contributed by atoms with Gasteiger partial charge in [-0.1, -0.05) is 6.92 Å². The van der Waals surface area contributed by atoms with E-state index in [9.17, 15) is 14.7 Å². The fourth-order valence-electron chi connectivity index (χ4n) is 1.12. The number of carbonyl (C=O) groups excluding carboxylic acids is 1. The van der Waals surface area contributed by atoms with Crippen LogP contribution in [0.25, 0.3) is 0 Å². The van der Waals surface area contributed by atoms with E-state index in [1.807, 2.05) is 0 Å². The number of ketones is 1. The molecule has 0 saturated carbocycles. The number of aromatic hydroxyl groups is 1. The highest BCUT2D eigenvalue weighted by Crippen LogP contribution is 2.27. The first-order chi connectivity index (χ1) is 6.57. The lowest BCUT2D eigenvalue weighted by Crippen LogP contribution is -2.22. The molecule has 2 N–H and O–H groups in total. The third kappa shape index (κ3) is 1.93. The first kappa shape index (κ1) is 10.7. The Morgan fingerprint density at radius 1 is 1.57 bits per heavy atom. The molecular weight excluding hydrogens is 204 g/mol. The summed E-state index contributed by atoms with van der Waals surface area (Å²) in [5.74, 6) is -2.86. The SMILES string of the molecule is CCC(C(=O)O)C(=O)c1sccc1O. The van der Waals surface area contributed by atoms with Crippen LogP contribution in [0, 0.1) is 5.92 Å². The van der Waals surface area contributed by atoms with Crippen LogP contribution in [-0.4, -0.2) is 22.0 Å². The van der Waals surface area contributed by atoms with Crippen molar-refractivity contribution in [2.75, 3.05) is 0 Å². The highest BCUT2D eigenvalue weighted by atomic mass is 32.1. The van der Waals surface area contributed by atoms with Crippen LogP contribution in [0.3, 0.4) is 0 Å². The van der Waals surface area contributed by atoms with Crippen LogP contribution < -0.4 is 0 Å². The molecule has 0 radical (unpaired) electrons. The van der Waals surface area contributed by atoms with Crippen molar-refractivity contribution < 1.29 is 19.8 Å². The Morgan fingerprint density at radius 3 is 2.57 bits per heavy atom. The highest BCUT2D eigenvalue weighted by molar-refractivity contribution is 7.12. The van der Waals surface area contributed by atoms with E-state index in [1.165, 1.54) is 6.07 Å². The van der Waals surface area contributed by atoms with E-state index in [0.29, 0.717) is 0 Å². The van der Waals surface area contributed by atoms with Gasteiger partial charge in [0.25, 0.3) is 0 Å². The van der Waals surface area contributed by atoms with Gasteiger partial charge in [0.1, 0.15) is 16.5 Å². The molecule has 4 nitrogen and oxygen atoms in total. The molecule has 1 rings (SSSR count). The third-order valence-corrected chi connectivity index (χ3v) is 2.81. The van der Waals surface area contributed by atoms with Gasteiger partial charge in [0.15, 0.2) is 5.78 Å². The third-order valence-electron chi connectivity index (χ3n) is 1.89. The Balaban J connectivity index is 2.95. The van der Waals surface area contributed by atoms with Crippen molar-refractivity contribution >= 4 is 23.1 Å². The summed E-state index contributed by atoms with van der Waals surface area (Å²) in [5.41, 5.74) is 0. The number of Topliss-reactive ketones (excluding diaryl/α,β-unsaturated/α-hetero) is 1. The number of carbonyl (C=O) groups is 2. The number of thiophene rings is 1. The molecule has 0 fully saturated rings. The van der Waals surface area contributed by atoms with Crippen molar-refractivity contribution in [3.8, 4) is 5.75 Å². The zero-order valence-corrected chi connectivity index (χ0v) is 8.37. The van der Waals surface area contributed by atoms with Crippen LogP contribution in [-0.2, 0) is 4.79 Å². The Hall–Kier alpha value is -1.36. The predicted octanol–water partition coefficient (Wildman–Crippen LogP) is 1.75. The maximum absolute atomic E-state index is 11.6. The smallest absolute Gasteiger partial charge is 0.314 e. The largest absolute Gasteiger partial charge is 0.506 e. The number of rotatable bonds is 4. The summed E-state index contributed by atoms with van der Waals surface area (Å²) < 4.78 is 0. The monoisotopic (exact) mass is 214 g/mol. The van der Waals surface area contributed by atoms with Gasteiger partial charge in [-0.05, 0) is 17.9 Å². The van der Waals surface area contributed by atoms with Crippen LogP contribution in [0.2, 0.25) is 0 Å². The maximum Gasteiger partial charge on any atom is 0.314 e. The topological polar surface area (TPSA) is 74.6 Å². The van der Waals surface area contributed by atoms with Crippen LogP contribution in [0.4, 0.5) is 0 Å². The molecule has 0 aliphatic rings. The van der Waals surface area contributed by atoms with Crippen molar-refractivity contribution in [2.45, 2.75) is 13.3 Å². The minimum absolute atomic E-state index is 0.124. The first-order valence-electron chi connectivity index (χ1n) is 4.11. The molecule has 14 heavy (non-hydrogen) atoms. The lowest BCUT2D eigenvalue weighted by molar-refractivity contribution is -0.140. The zero-order valence-electron chi connectivity index (χ0n) is 7.56. The first-order valence-corrected chi connectivity index (χ1v) is 4.99. The van der Waals surface area contributed by atoms with E-state index in [1.54, 1.807) is 12.3 Å². The summed E-state index contributed by atoms with van der Waals surface area (Å²) in [4.78, 5) is 22.4. The maximum atomic E-state index is 11.6. The van der Waals surface area contributed by atoms with Crippen molar-refractivity contribution in [1.29, 1.82) is 0 Å². The quantitative estimate of drug-likeness (QED) is 0.591. The molecule has 1 heterocycles. The average molecular weight is 214 g/mol. The number of carboxylic acids is 1. The van der Waals surface area contributed by atoms with Gasteiger partial charge in [0.05, 0.1) is 0 Å². The summed E-state index contributed by atoms with van der Waals surface area (Å²) in [6, 6.07) is 1.38. The number of hydrogen-bond donors (Lipinski definition) is 2. The minimum atomic E-state index is -1.15. The summed E-state index contributed by atoms with van der Waals surface area (Å²) in [5, 5.41) is 19.5. The molecule has 1 atom stereocenters. The molecule has 5 heteroatoms. The van der Waals surface area contributed by atoms with Crippen LogP contribution in [0.1, 0.15) is 23.0 Å². The molecule has 0 aliphatic heterocycles. The second kappa shape index (κ2) is 4.23. The summed E-state index contributed by atoms with van der Waals surface area (Å²) in [7, 11) is 0. The molecule has 1 aromatic rings. The lowest BCUT2D eigenvalue weighted by Gasteiger charge is -2.06. The van der Waals surface area contributed by atoms with Crippen LogP contribution in [0.15, 0.2) is 11.4 Å². The fourth-order valence-corrected chi connectivity index (χ4v) is 1.90. The van der Waals surface area contributed by atoms with E-state index in [4.69, 9.17) is 5.11 Å². The number of aliphatic carboxylic acids is 1. The van der Waals surface area contributed by atoms with E-state index in [0.717, 1.165) is 11.3 Å². The van der Waals surface area contributed by atoms with E-state index in [2.05, 4.69) is 0 Å². The Morgan fingerprint density at radius 2 is 2.21 bits per heavy atom. The van der Waals surface area contributed by atoms with Crippen molar-refractivity contribution in [3.63, 3.8) is 0 Å². The molecule has 0 spiro atoms. The van der Waals surface area contributed by atoms with Crippen LogP contribution in [0.5, 0.6) is 5.75 Å². The van der Waals surface area contributed by atoms with Crippen molar-refractivity contribution in [2.24, 2.45) is 5.92 Å². The summed E-state index contributed by atoms with van der Waals surface area (Å²) in [6.45, 7) is 1.63. The Labute approximate surface area is 84.8 Å². The number of carboxylic acid groups (broad SMARTS) is 1. The van der Waals surface area contributed by atoms with Gasteiger partial charge in [-0.25, -0.2) is 0 Å². The molecule has 1 aromatic heterocycles. The van der Waals surface area contributed by atoms with Gasteiger partial charge < -0.3 is 10.2 Å². The summed E-state index contributed by atoms with van der Waals surface area (Å²) in [6.07, 6.45) is 0.228. The molecule has 1 unspecified atom stereocenters. The molecule has 0 saturated heterocycles. The Bertz CT molecular complexity index is 355. The molecule has 0 amide bonds. The van der Waals surface area contributed by atoms with E-state index < -0.39 is 17.7 Å². The second-order valence-corrected chi connectivity index (χ2v) is 3.71. The van der Waals surface area contributed by atoms with Gasteiger partial charge in [-0.15, -0.1) is 11.3 Å². The van der Waals surface area contributed by atoms with Gasteiger partial charge >= 0.3 is 5.97 Å². The van der Waals surface area contributed by atoms with E-state index in [-0.39, 0.29) is 17.0 Å². The molecule has 0 bridgehead atoms. The summed E-state index contributed by atoms with van der Waals surface area (Å²) >= 11 is 1.06. The molecular formula is C9H10O4S. The molecule has 0 aromatic carbocycles. The molecule has 76 valence electrons. The van der Waals surface area contributed by atoms with Gasteiger partial charge in [-0.2, -0.15) is 0 Å². The second-order valence-electron chi connectivity index (χ2n) is 2.80. The fraction of sp³-hybridized carbons (Fsp3) is 0.333. The van der Waals surface area contributed by atoms with Gasteiger partial charge in [0, 0.05) is 0 Å². The van der Waals surface area contributed by atoms with Gasteiger partial charge in [-0.3, -0.25) is 9.59 Å². The zero-order chi connectivity index (χ0) is 10.7. The van der Waals surface area contributed by atoms with Crippen molar-refractivity contribution in [1.82, 2.24) is 0 Å². The molecule has 0 aliphatic carbocycles. The standard InChI is InChI=1S/C9H10O4S/c1-2-5(9(12)13)7(11)8-6(10)3-4-14-8/h3-5,10H,2H2,1H3,(H,12,13). The lowest BCUT2D eigenvalue weighted by atomic mass is 10.00. The highest BCUT2D eigenvalue weighted by Gasteiger charge is 2.27. The van der Waals surface area contributed by atoms with Crippen molar-refractivity contribution in [3.05, 3.63) is 16.3 Å². The van der Waals surface area contributed by atoms with Gasteiger partial charge in [0.2, 0.25) is 0 Å². The minimum Gasteiger partial charge on any atom is -0.506 e. The van der Waals surface area contributed by atoms with Crippen LogP contribution >= 0.6 is 11.3 Å². The average Bonchev–Trinajstić information content (AvgIpc) is 2.51. The predicted molar refractivity (Wildman–Crippen MR) is 51.7 cm³/mol. The Kier molecular flexibility index (Phi) is 3.24.